The quantitative estimate of drug-likeness (QED) is 0.366. The second-order valence-electron chi connectivity index (χ2n) is 10.2. The lowest BCUT2D eigenvalue weighted by atomic mass is 9.90. The number of fused-ring (bicyclic) bond motifs is 1. The van der Waals surface area contributed by atoms with Crippen molar-refractivity contribution in [1.29, 1.82) is 0 Å². The van der Waals surface area contributed by atoms with Gasteiger partial charge in [-0.2, -0.15) is 5.10 Å². The van der Waals surface area contributed by atoms with Crippen molar-refractivity contribution in [2.45, 2.75) is 44.3 Å². The van der Waals surface area contributed by atoms with Crippen LogP contribution < -0.4 is 15.8 Å². The van der Waals surface area contributed by atoms with Gasteiger partial charge in [0.15, 0.2) is 5.65 Å². The van der Waals surface area contributed by atoms with Gasteiger partial charge in [-0.15, -0.1) is 11.3 Å². The molecule has 1 aromatic carbocycles. The van der Waals surface area contributed by atoms with Crippen LogP contribution in [0.4, 0.5) is 11.5 Å². The fourth-order valence-corrected chi connectivity index (χ4v) is 6.36. The molecule has 0 radical (unpaired) electrons. The third-order valence-electron chi connectivity index (χ3n) is 7.97. The van der Waals surface area contributed by atoms with E-state index in [1.165, 1.54) is 25.9 Å². The first-order chi connectivity index (χ1) is 18.6. The van der Waals surface area contributed by atoms with Crippen LogP contribution in [0.3, 0.4) is 0 Å². The van der Waals surface area contributed by atoms with Gasteiger partial charge in [0.2, 0.25) is 0 Å². The molecular weight excluding hydrogens is 498 g/mol. The number of hydrogen-bond acceptors (Lipinski definition) is 10. The lowest BCUT2D eigenvalue weighted by Gasteiger charge is -2.41. The van der Waals surface area contributed by atoms with E-state index in [4.69, 9.17) is 15.6 Å². The highest BCUT2D eigenvalue weighted by molar-refractivity contribution is 7.09. The molecule has 4 heterocycles. The van der Waals surface area contributed by atoms with Gasteiger partial charge in [-0.05, 0) is 44.9 Å². The number of thiazole rings is 1. The number of aromatic nitrogens is 5. The van der Waals surface area contributed by atoms with E-state index < -0.39 is 0 Å². The Kier molecular flexibility index (Phi) is 7.14. The van der Waals surface area contributed by atoms with Crippen LogP contribution in [0.25, 0.3) is 22.3 Å². The SMILES string of the molecule is COc1cc(-c2nn([C@H]3CC[C@H](N4CCN(C)CC4)CC3)c3ncnc(N)c23)ccc1NCc1nccs1. The molecule has 0 unspecified atom stereocenters. The number of nitrogens with zero attached hydrogens (tertiary/aromatic N) is 7. The summed E-state index contributed by atoms with van der Waals surface area (Å²) in [5.41, 5.74) is 9.84. The number of likely N-dealkylation sites (N-methyl/N-ethyl adjacent to an activating group) is 1. The summed E-state index contributed by atoms with van der Waals surface area (Å²) >= 11 is 1.62. The molecule has 2 aliphatic rings. The van der Waals surface area contributed by atoms with Crippen LogP contribution in [0.15, 0.2) is 36.1 Å². The Morgan fingerprint density at radius 1 is 1.05 bits per heavy atom. The van der Waals surface area contributed by atoms with E-state index in [2.05, 4.69) is 47.9 Å². The number of nitrogens with two attached hydrogens (primary N) is 1. The molecule has 4 aromatic rings. The molecule has 2 fully saturated rings. The molecule has 3 aromatic heterocycles. The Balaban J connectivity index is 1.26. The summed E-state index contributed by atoms with van der Waals surface area (Å²) < 4.78 is 7.84. The van der Waals surface area contributed by atoms with Gasteiger partial charge in [-0.25, -0.2) is 19.6 Å². The van der Waals surface area contributed by atoms with Crippen LogP contribution in [0, 0.1) is 0 Å². The monoisotopic (exact) mass is 533 g/mol. The molecule has 1 saturated heterocycles. The minimum absolute atomic E-state index is 0.297. The molecule has 200 valence electrons. The number of anilines is 2. The zero-order valence-corrected chi connectivity index (χ0v) is 22.8. The van der Waals surface area contributed by atoms with Crippen LogP contribution in [-0.4, -0.2) is 80.9 Å². The number of nitrogens with one attached hydrogen (secondary N) is 1. The number of piperazine rings is 1. The number of nitrogen functional groups attached to an aromatic ring is 1. The Morgan fingerprint density at radius 3 is 2.58 bits per heavy atom. The average Bonchev–Trinajstić information content (AvgIpc) is 3.61. The van der Waals surface area contributed by atoms with Gasteiger partial charge in [0.05, 0.1) is 30.8 Å². The first kappa shape index (κ1) is 25.0. The fraction of sp³-hybridized carbons (Fsp3) is 0.481. The van der Waals surface area contributed by atoms with Crippen molar-refractivity contribution in [3.63, 3.8) is 0 Å². The van der Waals surface area contributed by atoms with Crippen molar-refractivity contribution >= 4 is 33.9 Å². The average molecular weight is 534 g/mol. The maximum Gasteiger partial charge on any atom is 0.164 e. The van der Waals surface area contributed by atoms with Gasteiger partial charge in [0.1, 0.15) is 28.6 Å². The Hall–Kier alpha value is -3.28. The summed E-state index contributed by atoms with van der Waals surface area (Å²) in [6, 6.07) is 7.04. The normalized spacial score (nSPS) is 21.1. The van der Waals surface area contributed by atoms with Gasteiger partial charge in [-0.3, -0.25) is 4.90 Å². The van der Waals surface area contributed by atoms with Crippen molar-refractivity contribution in [2.24, 2.45) is 0 Å². The summed E-state index contributed by atoms with van der Waals surface area (Å²) in [5.74, 6) is 1.19. The molecule has 1 aliphatic carbocycles. The minimum atomic E-state index is 0.297. The van der Waals surface area contributed by atoms with Crippen molar-refractivity contribution in [3.8, 4) is 17.0 Å². The van der Waals surface area contributed by atoms with Gasteiger partial charge in [0.25, 0.3) is 0 Å². The maximum absolute atomic E-state index is 6.41. The topological polar surface area (TPSA) is 110 Å². The summed E-state index contributed by atoms with van der Waals surface area (Å²) in [7, 11) is 3.89. The van der Waals surface area contributed by atoms with Crippen molar-refractivity contribution in [1.82, 2.24) is 34.5 Å². The van der Waals surface area contributed by atoms with Crippen molar-refractivity contribution in [2.75, 3.05) is 51.4 Å². The fourth-order valence-electron chi connectivity index (χ4n) is 5.80. The smallest absolute Gasteiger partial charge is 0.164 e. The van der Waals surface area contributed by atoms with Gasteiger partial charge in [0, 0.05) is 49.4 Å². The van der Waals surface area contributed by atoms with E-state index in [9.17, 15) is 0 Å². The summed E-state index contributed by atoms with van der Waals surface area (Å²) in [6.07, 6.45) is 7.88. The number of benzene rings is 1. The highest BCUT2D eigenvalue weighted by Crippen LogP contribution is 2.39. The van der Waals surface area contributed by atoms with E-state index in [-0.39, 0.29) is 0 Å². The van der Waals surface area contributed by atoms with E-state index in [1.807, 2.05) is 23.7 Å². The number of rotatable bonds is 7. The zero-order valence-electron chi connectivity index (χ0n) is 22.0. The van der Waals surface area contributed by atoms with Crippen LogP contribution in [0.1, 0.15) is 36.7 Å². The molecule has 1 aliphatic heterocycles. The summed E-state index contributed by atoms with van der Waals surface area (Å²) in [5, 5.41) is 12.3. The predicted octanol–water partition coefficient (Wildman–Crippen LogP) is 3.88. The molecule has 0 spiro atoms. The largest absolute Gasteiger partial charge is 0.495 e. The minimum Gasteiger partial charge on any atom is -0.495 e. The van der Waals surface area contributed by atoms with Gasteiger partial charge in [-0.1, -0.05) is 6.07 Å². The highest BCUT2D eigenvalue weighted by Gasteiger charge is 2.30. The number of methoxy groups -OCH3 is 1. The lowest BCUT2D eigenvalue weighted by Crippen LogP contribution is -2.49. The number of hydrogen-bond donors (Lipinski definition) is 2. The second-order valence-corrected chi connectivity index (χ2v) is 11.2. The zero-order chi connectivity index (χ0) is 26.1. The van der Waals surface area contributed by atoms with Crippen LogP contribution >= 0.6 is 11.3 Å². The van der Waals surface area contributed by atoms with Crippen molar-refractivity contribution in [3.05, 3.63) is 41.1 Å². The molecule has 3 N–H and O–H groups in total. The van der Waals surface area contributed by atoms with E-state index >= 15 is 0 Å². The van der Waals surface area contributed by atoms with Crippen molar-refractivity contribution < 1.29 is 4.74 Å². The lowest BCUT2D eigenvalue weighted by molar-refractivity contribution is 0.0815. The first-order valence-electron chi connectivity index (χ1n) is 13.3. The molecule has 0 amide bonds. The van der Waals surface area contributed by atoms with Crippen LogP contribution in [0.5, 0.6) is 5.75 Å². The Morgan fingerprint density at radius 2 is 1.84 bits per heavy atom. The van der Waals surface area contributed by atoms with Crippen LogP contribution in [-0.2, 0) is 6.54 Å². The maximum atomic E-state index is 6.41. The molecule has 0 bridgehead atoms. The number of ether oxygens (including phenoxy) is 1. The third kappa shape index (κ3) is 4.93. The molecule has 6 rings (SSSR count). The van der Waals surface area contributed by atoms with Crippen LogP contribution in [0.2, 0.25) is 0 Å². The molecular formula is C27H35N9OS. The predicted molar refractivity (Wildman–Crippen MR) is 152 cm³/mol. The van der Waals surface area contributed by atoms with Gasteiger partial charge >= 0.3 is 0 Å². The van der Waals surface area contributed by atoms with E-state index in [0.29, 0.717) is 24.4 Å². The van der Waals surface area contributed by atoms with E-state index in [0.717, 1.165) is 64.7 Å². The van der Waals surface area contributed by atoms with Gasteiger partial charge < -0.3 is 20.7 Å². The Labute approximate surface area is 226 Å². The molecule has 11 heteroatoms. The molecule has 38 heavy (non-hydrogen) atoms. The second kappa shape index (κ2) is 10.8. The standard InChI is InChI=1S/C27H35N9OS/c1-34-10-12-35(13-11-34)19-4-6-20(7-5-19)36-27-24(26(28)31-17-32-27)25(33-36)18-3-8-21(22(15-18)37-2)30-16-23-29-9-14-38-23/h3,8-9,14-15,17,19-20,30H,4-7,10-13,16H2,1-2H3,(H2,28,31,32)/t19-,20-. The Bertz CT molecular complexity index is 1370. The molecule has 0 atom stereocenters. The molecule has 10 nitrogen and oxygen atoms in total. The molecule has 1 saturated carbocycles. The summed E-state index contributed by atoms with van der Waals surface area (Å²) in [6.45, 7) is 5.29. The summed E-state index contributed by atoms with van der Waals surface area (Å²) in [4.78, 5) is 18.4. The highest BCUT2D eigenvalue weighted by atomic mass is 32.1. The van der Waals surface area contributed by atoms with E-state index in [1.54, 1.807) is 24.8 Å². The third-order valence-corrected chi connectivity index (χ3v) is 8.75. The first-order valence-corrected chi connectivity index (χ1v) is 14.2.